The van der Waals surface area contributed by atoms with Gasteiger partial charge in [0.25, 0.3) is 11.6 Å². The number of rotatable bonds is 2. The highest BCUT2D eigenvalue weighted by Gasteiger charge is 2.10. The second-order valence-electron chi connectivity index (χ2n) is 5.14. The molecule has 3 rings (SSSR count). The first kappa shape index (κ1) is 15.1. The van der Waals surface area contributed by atoms with Crippen molar-refractivity contribution in [1.82, 2.24) is 4.57 Å². The van der Waals surface area contributed by atoms with Gasteiger partial charge in [0.2, 0.25) is 0 Å². The molecule has 0 aliphatic rings. The van der Waals surface area contributed by atoms with Crippen LogP contribution in [0.4, 0.5) is 5.69 Å². The van der Waals surface area contributed by atoms with Gasteiger partial charge in [-0.05, 0) is 36.8 Å². The highest BCUT2D eigenvalue weighted by Crippen LogP contribution is 2.18. The van der Waals surface area contributed by atoms with Crippen LogP contribution in [0.3, 0.4) is 0 Å². The maximum Gasteiger partial charge on any atom is 0.279 e. The number of nitro groups is 1. The van der Waals surface area contributed by atoms with Crippen LogP contribution in [0.5, 0.6) is 0 Å². The monoisotopic (exact) mass is 327 g/mol. The molecule has 0 atom stereocenters. The number of carbonyl (C=O) groups excluding carboxylic acids is 1. The van der Waals surface area contributed by atoms with Crippen LogP contribution in [0, 0.1) is 17.0 Å². The first-order valence-electron chi connectivity index (χ1n) is 6.85. The molecule has 2 aromatic carbocycles. The van der Waals surface area contributed by atoms with E-state index >= 15 is 0 Å². The summed E-state index contributed by atoms with van der Waals surface area (Å²) in [6, 6.07) is 11.5. The summed E-state index contributed by atoms with van der Waals surface area (Å²) < 4.78 is 2.92. The molecule has 0 N–H and O–H groups in total. The van der Waals surface area contributed by atoms with Gasteiger partial charge in [0, 0.05) is 24.7 Å². The van der Waals surface area contributed by atoms with Crippen molar-refractivity contribution < 1.29 is 9.72 Å². The summed E-state index contributed by atoms with van der Waals surface area (Å²) in [5, 5.41) is 10.6. The fourth-order valence-electron chi connectivity index (χ4n) is 2.23. The summed E-state index contributed by atoms with van der Waals surface area (Å²) in [6.07, 6.45) is 0. The maximum absolute atomic E-state index is 12.2. The van der Waals surface area contributed by atoms with Crippen molar-refractivity contribution in [2.75, 3.05) is 0 Å². The third kappa shape index (κ3) is 2.91. The van der Waals surface area contributed by atoms with E-state index in [1.807, 2.05) is 30.7 Å². The largest absolute Gasteiger partial charge is 0.319 e. The molecule has 0 spiro atoms. The third-order valence-electron chi connectivity index (χ3n) is 3.49. The van der Waals surface area contributed by atoms with Crippen molar-refractivity contribution in [2.45, 2.75) is 6.92 Å². The van der Waals surface area contributed by atoms with Gasteiger partial charge in [-0.15, -0.1) is 0 Å². The number of hydrogen-bond donors (Lipinski definition) is 0. The number of fused-ring (bicyclic) bond motifs is 1. The van der Waals surface area contributed by atoms with Crippen LogP contribution in [-0.4, -0.2) is 15.4 Å². The molecule has 0 saturated carbocycles. The van der Waals surface area contributed by atoms with E-state index in [1.54, 1.807) is 0 Å². The minimum atomic E-state index is -0.500. The number of non-ortho nitro benzene ring substituents is 1. The van der Waals surface area contributed by atoms with Gasteiger partial charge in [-0.2, -0.15) is 4.99 Å². The number of carbonyl (C=O) groups is 1. The lowest BCUT2D eigenvalue weighted by Crippen LogP contribution is -2.13. The van der Waals surface area contributed by atoms with E-state index in [-0.39, 0.29) is 5.69 Å². The first-order chi connectivity index (χ1) is 11.0. The van der Waals surface area contributed by atoms with Crippen LogP contribution in [0.2, 0.25) is 0 Å². The zero-order valence-corrected chi connectivity index (χ0v) is 13.3. The Balaban J connectivity index is 2.02. The number of aromatic nitrogens is 1. The van der Waals surface area contributed by atoms with E-state index in [1.165, 1.54) is 35.6 Å². The van der Waals surface area contributed by atoms with Gasteiger partial charge >= 0.3 is 0 Å². The molecule has 1 heterocycles. The number of amides is 1. The van der Waals surface area contributed by atoms with Crippen LogP contribution in [0.1, 0.15) is 15.9 Å². The smallest absolute Gasteiger partial charge is 0.279 e. The molecule has 1 aromatic heterocycles. The predicted molar refractivity (Wildman–Crippen MR) is 88.5 cm³/mol. The highest BCUT2D eigenvalue weighted by atomic mass is 32.1. The van der Waals surface area contributed by atoms with E-state index in [0.29, 0.717) is 10.4 Å². The topological polar surface area (TPSA) is 77.5 Å². The SMILES string of the molecule is Cc1ccc2c(c1)sc(=NC(=O)c1ccc([N+](=O)[O-])cc1)n2C. The number of nitrogens with zero attached hydrogens (tertiary/aromatic N) is 3. The van der Waals surface area contributed by atoms with Crippen molar-refractivity contribution in [3.63, 3.8) is 0 Å². The Morgan fingerprint density at radius 2 is 1.91 bits per heavy atom. The summed E-state index contributed by atoms with van der Waals surface area (Å²) in [4.78, 5) is 27.1. The molecule has 0 aliphatic carbocycles. The predicted octanol–water partition coefficient (Wildman–Crippen LogP) is 3.20. The van der Waals surface area contributed by atoms with Gasteiger partial charge in [-0.1, -0.05) is 17.4 Å². The molecule has 0 fully saturated rings. The van der Waals surface area contributed by atoms with Crippen LogP contribution >= 0.6 is 11.3 Å². The summed E-state index contributed by atoms with van der Waals surface area (Å²) in [7, 11) is 1.86. The molecule has 0 saturated heterocycles. The quantitative estimate of drug-likeness (QED) is 0.535. The Morgan fingerprint density at radius 1 is 1.22 bits per heavy atom. The maximum atomic E-state index is 12.2. The van der Waals surface area contributed by atoms with E-state index in [0.717, 1.165) is 15.8 Å². The zero-order valence-electron chi connectivity index (χ0n) is 12.5. The Hall–Kier alpha value is -2.80. The molecular weight excluding hydrogens is 314 g/mol. The summed E-state index contributed by atoms with van der Waals surface area (Å²) >= 11 is 1.44. The van der Waals surface area contributed by atoms with Gasteiger partial charge in [-0.3, -0.25) is 14.9 Å². The fraction of sp³-hybridized carbons (Fsp3) is 0.125. The lowest BCUT2D eigenvalue weighted by atomic mass is 10.2. The number of benzene rings is 2. The molecule has 0 aliphatic heterocycles. The summed E-state index contributed by atoms with van der Waals surface area (Å²) in [6.45, 7) is 2.01. The second kappa shape index (κ2) is 5.77. The second-order valence-corrected chi connectivity index (χ2v) is 6.14. The fourth-order valence-corrected chi connectivity index (χ4v) is 3.34. The highest BCUT2D eigenvalue weighted by molar-refractivity contribution is 7.16. The molecule has 0 bridgehead atoms. The van der Waals surface area contributed by atoms with Gasteiger partial charge in [0.1, 0.15) is 0 Å². The molecule has 7 heteroatoms. The standard InChI is InChI=1S/C16H13N3O3S/c1-10-3-8-13-14(9-10)23-16(18(13)2)17-15(20)11-4-6-12(7-5-11)19(21)22/h3-9H,1-2H3. The number of hydrogen-bond acceptors (Lipinski definition) is 4. The van der Waals surface area contributed by atoms with E-state index < -0.39 is 10.8 Å². The minimum absolute atomic E-state index is 0.0514. The Labute approximate surface area is 135 Å². The minimum Gasteiger partial charge on any atom is -0.319 e. The molecule has 0 radical (unpaired) electrons. The van der Waals surface area contributed by atoms with Crippen molar-refractivity contribution in [3.05, 3.63) is 68.5 Å². The summed E-state index contributed by atoms with van der Waals surface area (Å²) in [5.41, 5.74) is 2.43. The van der Waals surface area contributed by atoms with Crippen LogP contribution in [0.15, 0.2) is 47.5 Å². The molecule has 6 nitrogen and oxygen atoms in total. The molecule has 1 amide bonds. The molecule has 3 aromatic rings. The van der Waals surface area contributed by atoms with E-state index in [9.17, 15) is 14.9 Å². The zero-order chi connectivity index (χ0) is 16.6. The van der Waals surface area contributed by atoms with Crippen molar-refractivity contribution in [1.29, 1.82) is 0 Å². The Kier molecular flexibility index (Phi) is 3.79. The molecule has 23 heavy (non-hydrogen) atoms. The lowest BCUT2D eigenvalue weighted by molar-refractivity contribution is -0.384. The number of thiazole rings is 1. The van der Waals surface area contributed by atoms with E-state index in [4.69, 9.17) is 0 Å². The summed E-state index contributed by atoms with van der Waals surface area (Å²) in [5.74, 6) is -0.418. The van der Waals surface area contributed by atoms with Crippen LogP contribution in [-0.2, 0) is 7.05 Å². The van der Waals surface area contributed by atoms with Gasteiger partial charge in [-0.25, -0.2) is 0 Å². The van der Waals surface area contributed by atoms with Crippen molar-refractivity contribution in [2.24, 2.45) is 12.0 Å². The number of aryl methyl sites for hydroxylation is 2. The Bertz CT molecular complexity index is 984. The Morgan fingerprint density at radius 3 is 2.57 bits per heavy atom. The molecule has 0 unspecified atom stereocenters. The van der Waals surface area contributed by atoms with Gasteiger partial charge in [0.05, 0.1) is 15.1 Å². The van der Waals surface area contributed by atoms with Gasteiger partial charge in [0.15, 0.2) is 4.80 Å². The third-order valence-corrected chi connectivity index (χ3v) is 4.58. The van der Waals surface area contributed by atoms with Crippen molar-refractivity contribution in [3.8, 4) is 0 Å². The lowest BCUT2D eigenvalue weighted by Gasteiger charge is -1.97. The van der Waals surface area contributed by atoms with Crippen LogP contribution < -0.4 is 4.80 Å². The molecule has 116 valence electrons. The van der Waals surface area contributed by atoms with Crippen LogP contribution in [0.25, 0.3) is 10.2 Å². The normalized spacial score (nSPS) is 11.8. The van der Waals surface area contributed by atoms with Crippen molar-refractivity contribution >= 4 is 33.1 Å². The van der Waals surface area contributed by atoms with Gasteiger partial charge < -0.3 is 4.57 Å². The average molecular weight is 327 g/mol. The number of nitro benzene ring substituents is 1. The first-order valence-corrected chi connectivity index (χ1v) is 7.67. The molecular formula is C16H13N3O3S. The average Bonchev–Trinajstić information content (AvgIpc) is 2.82. The van der Waals surface area contributed by atoms with E-state index in [2.05, 4.69) is 11.1 Å².